The van der Waals surface area contributed by atoms with Gasteiger partial charge in [0.25, 0.3) is 0 Å². The van der Waals surface area contributed by atoms with Crippen molar-refractivity contribution in [3.8, 4) is 0 Å². The van der Waals surface area contributed by atoms with E-state index >= 15 is 0 Å². The molecule has 0 spiro atoms. The largest absolute Gasteiger partial charge is 0.480 e. The van der Waals surface area contributed by atoms with Crippen LogP contribution in [0.2, 0.25) is 0 Å². The van der Waals surface area contributed by atoms with Crippen LogP contribution in [-0.2, 0) is 14.6 Å². The van der Waals surface area contributed by atoms with Crippen LogP contribution in [0.1, 0.15) is 19.3 Å². The van der Waals surface area contributed by atoms with E-state index in [4.69, 9.17) is 5.11 Å². The SMILES string of the molecule is O=C(O)C1CC(C2CCS(=O)(=O)CC2)CN1. The van der Waals surface area contributed by atoms with Gasteiger partial charge in [0.2, 0.25) is 0 Å². The van der Waals surface area contributed by atoms with Crippen LogP contribution in [0.5, 0.6) is 0 Å². The van der Waals surface area contributed by atoms with E-state index in [2.05, 4.69) is 5.32 Å². The van der Waals surface area contributed by atoms with Gasteiger partial charge in [-0.25, -0.2) is 8.42 Å². The summed E-state index contributed by atoms with van der Waals surface area (Å²) in [6, 6.07) is -0.441. The number of sulfone groups is 1. The summed E-state index contributed by atoms with van der Waals surface area (Å²) in [6.07, 6.45) is 2.03. The van der Waals surface area contributed by atoms with Gasteiger partial charge in [-0.3, -0.25) is 4.79 Å². The first-order chi connectivity index (χ1) is 7.48. The highest BCUT2D eigenvalue weighted by Gasteiger charge is 2.36. The van der Waals surface area contributed by atoms with E-state index in [0.717, 1.165) is 0 Å². The van der Waals surface area contributed by atoms with Gasteiger partial charge in [-0.2, -0.15) is 0 Å². The van der Waals surface area contributed by atoms with Crippen LogP contribution in [0.25, 0.3) is 0 Å². The topological polar surface area (TPSA) is 83.5 Å². The number of nitrogens with one attached hydrogen (secondary N) is 1. The molecule has 0 aromatic rings. The van der Waals surface area contributed by atoms with E-state index in [-0.39, 0.29) is 11.5 Å². The third-order valence-electron chi connectivity index (χ3n) is 3.73. The second kappa shape index (κ2) is 4.33. The van der Waals surface area contributed by atoms with Crippen molar-refractivity contribution in [2.45, 2.75) is 25.3 Å². The Kier molecular flexibility index (Phi) is 3.21. The van der Waals surface area contributed by atoms with Gasteiger partial charge in [0.15, 0.2) is 0 Å². The van der Waals surface area contributed by atoms with Gasteiger partial charge in [-0.15, -0.1) is 0 Å². The molecule has 2 N–H and O–H groups in total. The van der Waals surface area contributed by atoms with E-state index in [1.54, 1.807) is 0 Å². The van der Waals surface area contributed by atoms with Crippen molar-refractivity contribution >= 4 is 15.8 Å². The van der Waals surface area contributed by atoms with E-state index in [0.29, 0.717) is 37.6 Å². The smallest absolute Gasteiger partial charge is 0.320 e. The summed E-state index contributed by atoms with van der Waals surface area (Å²) in [7, 11) is -2.81. The molecule has 0 amide bonds. The van der Waals surface area contributed by atoms with Gasteiger partial charge in [-0.1, -0.05) is 0 Å². The number of carboxylic acids is 1. The van der Waals surface area contributed by atoms with Gasteiger partial charge < -0.3 is 10.4 Å². The fourth-order valence-electron chi connectivity index (χ4n) is 2.69. The van der Waals surface area contributed by atoms with Gasteiger partial charge in [0, 0.05) is 0 Å². The summed E-state index contributed by atoms with van der Waals surface area (Å²) in [6.45, 7) is 0.710. The van der Waals surface area contributed by atoms with Crippen LogP contribution in [0.15, 0.2) is 0 Å². The first-order valence-corrected chi connectivity index (χ1v) is 7.47. The van der Waals surface area contributed by atoms with E-state index < -0.39 is 21.8 Å². The minimum Gasteiger partial charge on any atom is -0.480 e. The molecule has 2 aliphatic rings. The van der Waals surface area contributed by atoms with Gasteiger partial charge in [0.1, 0.15) is 15.9 Å². The predicted molar refractivity (Wildman–Crippen MR) is 58.9 cm³/mol. The molecule has 2 atom stereocenters. The first-order valence-electron chi connectivity index (χ1n) is 5.64. The Bertz CT molecular complexity index is 364. The normalized spacial score (nSPS) is 35.0. The zero-order valence-corrected chi connectivity index (χ0v) is 9.87. The molecule has 0 radical (unpaired) electrons. The Morgan fingerprint density at radius 3 is 2.31 bits per heavy atom. The summed E-state index contributed by atoms with van der Waals surface area (Å²) in [5.41, 5.74) is 0. The minimum atomic E-state index is -2.81. The number of carbonyl (C=O) groups is 1. The van der Waals surface area contributed by atoms with Crippen LogP contribution in [0.3, 0.4) is 0 Å². The summed E-state index contributed by atoms with van der Waals surface area (Å²) in [4.78, 5) is 10.8. The van der Waals surface area contributed by atoms with Gasteiger partial charge in [-0.05, 0) is 37.6 Å². The number of hydrogen-bond acceptors (Lipinski definition) is 4. The van der Waals surface area contributed by atoms with Crippen LogP contribution in [0.4, 0.5) is 0 Å². The molecular formula is C10H17NO4S. The maximum atomic E-state index is 11.3. The van der Waals surface area contributed by atoms with Crippen molar-refractivity contribution in [2.75, 3.05) is 18.1 Å². The molecule has 0 aliphatic carbocycles. The van der Waals surface area contributed by atoms with Crippen molar-refractivity contribution in [3.63, 3.8) is 0 Å². The molecular weight excluding hydrogens is 230 g/mol. The quantitative estimate of drug-likeness (QED) is 0.710. The Morgan fingerprint density at radius 2 is 1.81 bits per heavy atom. The van der Waals surface area contributed by atoms with E-state index in [9.17, 15) is 13.2 Å². The summed E-state index contributed by atoms with van der Waals surface area (Å²) in [5.74, 6) is 0.445. The monoisotopic (exact) mass is 247 g/mol. The fourth-order valence-corrected chi connectivity index (χ4v) is 4.22. The Hall–Kier alpha value is -0.620. The average Bonchev–Trinajstić information content (AvgIpc) is 2.66. The highest BCUT2D eigenvalue weighted by Crippen LogP contribution is 2.31. The molecule has 0 saturated carbocycles. The lowest BCUT2D eigenvalue weighted by Gasteiger charge is -2.26. The third kappa shape index (κ3) is 2.55. The molecule has 5 nitrogen and oxygen atoms in total. The van der Waals surface area contributed by atoms with Crippen LogP contribution >= 0.6 is 0 Å². The molecule has 16 heavy (non-hydrogen) atoms. The minimum absolute atomic E-state index is 0.270. The Balaban J connectivity index is 1.89. The first kappa shape index (κ1) is 11.9. The van der Waals surface area contributed by atoms with Crippen LogP contribution in [0, 0.1) is 11.8 Å². The standard InChI is InChI=1S/C10H17NO4S/c12-10(13)9-5-8(6-11-9)7-1-3-16(14,15)4-2-7/h7-9,11H,1-6H2,(H,12,13). The lowest BCUT2D eigenvalue weighted by atomic mass is 9.86. The molecule has 0 aromatic heterocycles. The molecule has 0 aromatic carbocycles. The Labute approximate surface area is 95.1 Å². The zero-order chi connectivity index (χ0) is 11.8. The highest BCUT2D eigenvalue weighted by molar-refractivity contribution is 7.91. The molecule has 2 heterocycles. The second-order valence-electron chi connectivity index (χ2n) is 4.78. The van der Waals surface area contributed by atoms with Crippen molar-refractivity contribution in [1.29, 1.82) is 0 Å². The molecule has 2 saturated heterocycles. The van der Waals surface area contributed by atoms with E-state index in [1.807, 2.05) is 0 Å². The number of aliphatic carboxylic acids is 1. The van der Waals surface area contributed by atoms with Gasteiger partial charge >= 0.3 is 5.97 Å². The van der Waals surface area contributed by atoms with E-state index in [1.165, 1.54) is 0 Å². The maximum absolute atomic E-state index is 11.3. The van der Waals surface area contributed by atoms with Crippen molar-refractivity contribution < 1.29 is 18.3 Å². The number of carboxylic acid groups (broad SMARTS) is 1. The summed E-state index contributed by atoms with van der Waals surface area (Å²) in [5, 5.41) is 11.8. The summed E-state index contributed by atoms with van der Waals surface area (Å²) < 4.78 is 22.5. The number of rotatable bonds is 2. The third-order valence-corrected chi connectivity index (χ3v) is 5.44. The highest BCUT2D eigenvalue weighted by atomic mass is 32.2. The molecule has 6 heteroatoms. The second-order valence-corrected chi connectivity index (χ2v) is 7.09. The molecule has 2 aliphatic heterocycles. The molecule has 0 bridgehead atoms. The lowest BCUT2D eigenvalue weighted by molar-refractivity contribution is -0.139. The zero-order valence-electron chi connectivity index (χ0n) is 9.05. The average molecular weight is 247 g/mol. The predicted octanol–water partition coefficient (Wildman–Crippen LogP) is -0.126. The molecule has 2 rings (SSSR count). The molecule has 2 fully saturated rings. The maximum Gasteiger partial charge on any atom is 0.320 e. The number of hydrogen-bond donors (Lipinski definition) is 2. The van der Waals surface area contributed by atoms with Crippen LogP contribution in [-0.4, -0.2) is 43.6 Å². The fraction of sp³-hybridized carbons (Fsp3) is 0.900. The molecule has 92 valence electrons. The molecule has 2 unspecified atom stereocenters. The Morgan fingerprint density at radius 1 is 1.19 bits per heavy atom. The lowest BCUT2D eigenvalue weighted by Crippen LogP contribution is -2.30. The van der Waals surface area contributed by atoms with Crippen molar-refractivity contribution in [3.05, 3.63) is 0 Å². The van der Waals surface area contributed by atoms with Gasteiger partial charge in [0.05, 0.1) is 11.5 Å². The summed E-state index contributed by atoms with van der Waals surface area (Å²) >= 11 is 0. The van der Waals surface area contributed by atoms with Crippen LogP contribution < -0.4 is 5.32 Å². The van der Waals surface area contributed by atoms with Crippen molar-refractivity contribution in [1.82, 2.24) is 5.32 Å². The van der Waals surface area contributed by atoms with Crippen molar-refractivity contribution in [2.24, 2.45) is 11.8 Å².